The van der Waals surface area contributed by atoms with Crippen LogP contribution in [0.4, 0.5) is 0 Å². The lowest BCUT2D eigenvalue weighted by Crippen LogP contribution is -2.34. The number of carbonyl (C=O) groups excluding carboxylic acids is 1. The van der Waals surface area contributed by atoms with E-state index in [4.69, 9.17) is 5.11 Å². The van der Waals surface area contributed by atoms with Gasteiger partial charge >= 0.3 is 5.97 Å². The van der Waals surface area contributed by atoms with Gasteiger partial charge in [-0.05, 0) is 50.0 Å². The molecule has 1 heterocycles. The smallest absolute Gasteiger partial charge is 0.328 e. The lowest BCUT2D eigenvalue weighted by molar-refractivity contribution is -0.131. The Balaban J connectivity index is 2.28. The topological polar surface area (TPSA) is 57.6 Å². The van der Waals surface area contributed by atoms with Crippen molar-refractivity contribution in [1.29, 1.82) is 0 Å². The van der Waals surface area contributed by atoms with Crippen LogP contribution < -0.4 is 0 Å². The molecule has 0 radical (unpaired) electrons. The first-order valence-electron chi connectivity index (χ1n) is 6.81. The molecule has 0 aliphatic carbocycles. The van der Waals surface area contributed by atoms with Gasteiger partial charge in [0, 0.05) is 24.2 Å². The summed E-state index contributed by atoms with van der Waals surface area (Å²) in [6, 6.07) is 5.72. The second-order valence-corrected chi connectivity index (χ2v) is 5.24. The minimum Gasteiger partial charge on any atom is -0.478 e. The van der Waals surface area contributed by atoms with Crippen LogP contribution in [0.2, 0.25) is 0 Å². The number of rotatable bonds is 3. The highest BCUT2D eigenvalue weighted by atomic mass is 16.4. The zero-order valence-corrected chi connectivity index (χ0v) is 11.8. The Labute approximate surface area is 118 Å². The molecule has 4 heteroatoms. The Hall–Kier alpha value is -2.10. The van der Waals surface area contributed by atoms with Crippen LogP contribution in [0.25, 0.3) is 6.08 Å². The van der Waals surface area contributed by atoms with E-state index in [1.807, 2.05) is 24.0 Å². The van der Waals surface area contributed by atoms with E-state index in [1.54, 1.807) is 6.07 Å². The summed E-state index contributed by atoms with van der Waals surface area (Å²) < 4.78 is 0. The van der Waals surface area contributed by atoms with Crippen molar-refractivity contribution in [3.05, 3.63) is 41.0 Å². The Morgan fingerprint density at radius 1 is 1.40 bits per heavy atom. The highest BCUT2D eigenvalue weighted by Crippen LogP contribution is 2.22. The van der Waals surface area contributed by atoms with E-state index in [-0.39, 0.29) is 11.9 Å². The number of likely N-dealkylation sites (tertiary alicyclic amines) is 1. The van der Waals surface area contributed by atoms with Gasteiger partial charge in [-0.15, -0.1) is 0 Å². The van der Waals surface area contributed by atoms with Gasteiger partial charge in [-0.2, -0.15) is 0 Å². The molecule has 1 fully saturated rings. The SMILES string of the molecule is Cc1ccc(C=CC(=O)O)cc1C(=O)N1CCCC1C. The first-order chi connectivity index (χ1) is 9.49. The molecule has 106 valence electrons. The molecule has 1 aliphatic rings. The predicted octanol–water partition coefficient (Wildman–Crippen LogP) is 2.72. The zero-order chi connectivity index (χ0) is 14.7. The third-order valence-electron chi connectivity index (χ3n) is 3.72. The number of amides is 1. The van der Waals surface area contributed by atoms with E-state index in [2.05, 4.69) is 6.92 Å². The predicted molar refractivity (Wildman–Crippen MR) is 77.6 cm³/mol. The van der Waals surface area contributed by atoms with Crippen molar-refractivity contribution in [2.75, 3.05) is 6.54 Å². The Kier molecular flexibility index (Phi) is 4.23. The lowest BCUT2D eigenvalue weighted by atomic mass is 10.0. The molecule has 1 unspecified atom stereocenters. The molecule has 0 saturated carbocycles. The van der Waals surface area contributed by atoms with E-state index in [1.165, 1.54) is 6.08 Å². The molecule has 0 spiro atoms. The normalized spacial score (nSPS) is 18.7. The largest absolute Gasteiger partial charge is 0.478 e. The van der Waals surface area contributed by atoms with Gasteiger partial charge in [-0.3, -0.25) is 4.79 Å². The third kappa shape index (κ3) is 3.07. The maximum atomic E-state index is 12.6. The average molecular weight is 273 g/mol. The molecule has 4 nitrogen and oxygen atoms in total. The van der Waals surface area contributed by atoms with Crippen molar-refractivity contribution in [3.8, 4) is 0 Å². The van der Waals surface area contributed by atoms with Crippen molar-refractivity contribution in [1.82, 2.24) is 4.90 Å². The maximum absolute atomic E-state index is 12.6. The van der Waals surface area contributed by atoms with Crippen molar-refractivity contribution >= 4 is 18.0 Å². The molecule has 1 amide bonds. The van der Waals surface area contributed by atoms with Crippen molar-refractivity contribution in [3.63, 3.8) is 0 Å². The summed E-state index contributed by atoms with van der Waals surface area (Å²) in [4.78, 5) is 25.0. The van der Waals surface area contributed by atoms with Crippen LogP contribution in [0.15, 0.2) is 24.3 Å². The molecule has 0 aromatic heterocycles. The second kappa shape index (κ2) is 5.90. The zero-order valence-electron chi connectivity index (χ0n) is 11.8. The van der Waals surface area contributed by atoms with Crippen LogP contribution in [-0.2, 0) is 4.79 Å². The van der Waals surface area contributed by atoms with Crippen LogP contribution in [0.1, 0.15) is 41.3 Å². The summed E-state index contributed by atoms with van der Waals surface area (Å²) in [5, 5.41) is 8.65. The Morgan fingerprint density at radius 2 is 2.15 bits per heavy atom. The molecule has 20 heavy (non-hydrogen) atoms. The molecular weight excluding hydrogens is 254 g/mol. The number of hydrogen-bond acceptors (Lipinski definition) is 2. The number of aryl methyl sites for hydroxylation is 1. The summed E-state index contributed by atoms with van der Waals surface area (Å²) in [7, 11) is 0. The highest BCUT2D eigenvalue weighted by Gasteiger charge is 2.26. The number of benzene rings is 1. The quantitative estimate of drug-likeness (QED) is 0.861. The Morgan fingerprint density at radius 3 is 2.75 bits per heavy atom. The van der Waals surface area contributed by atoms with Gasteiger partial charge in [-0.25, -0.2) is 4.79 Å². The number of carbonyl (C=O) groups is 2. The van der Waals surface area contributed by atoms with Gasteiger partial charge in [0.2, 0.25) is 0 Å². The second-order valence-electron chi connectivity index (χ2n) is 5.24. The minimum absolute atomic E-state index is 0.0399. The number of hydrogen-bond donors (Lipinski definition) is 1. The van der Waals surface area contributed by atoms with E-state index < -0.39 is 5.97 Å². The molecule has 1 saturated heterocycles. The van der Waals surface area contributed by atoms with Crippen molar-refractivity contribution < 1.29 is 14.7 Å². The fourth-order valence-corrected chi connectivity index (χ4v) is 2.53. The molecule has 0 bridgehead atoms. The van der Waals surface area contributed by atoms with E-state index in [0.29, 0.717) is 5.56 Å². The molecule has 1 atom stereocenters. The summed E-state index contributed by atoms with van der Waals surface area (Å²) in [5.74, 6) is -0.954. The molecule has 1 aromatic carbocycles. The first kappa shape index (κ1) is 14.3. The average Bonchev–Trinajstić information content (AvgIpc) is 2.83. The van der Waals surface area contributed by atoms with Crippen molar-refractivity contribution in [2.45, 2.75) is 32.7 Å². The van der Waals surface area contributed by atoms with Crippen LogP contribution in [0.3, 0.4) is 0 Å². The molecule has 1 N–H and O–H groups in total. The summed E-state index contributed by atoms with van der Waals surface area (Å²) in [5.41, 5.74) is 2.31. The fourth-order valence-electron chi connectivity index (χ4n) is 2.53. The highest BCUT2D eigenvalue weighted by molar-refractivity contribution is 5.97. The van der Waals surface area contributed by atoms with Gasteiger partial charge in [-0.1, -0.05) is 12.1 Å². The van der Waals surface area contributed by atoms with Crippen molar-refractivity contribution in [2.24, 2.45) is 0 Å². The van der Waals surface area contributed by atoms with Crippen LogP contribution >= 0.6 is 0 Å². The van der Waals surface area contributed by atoms with Gasteiger partial charge in [0.05, 0.1) is 0 Å². The van der Waals surface area contributed by atoms with E-state index in [0.717, 1.165) is 36.6 Å². The number of nitrogens with zero attached hydrogens (tertiary/aromatic N) is 1. The monoisotopic (exact) mass is 273 g/mol. The molecular formula is C16H19NO3. The Bertz CT molecular complexity index is 563. The molecule has 2 rings (SSSR count). The molecule has 1 aromatic rings. The summed E-state index contributed by atoms with van der Waals surface area (Å²) >= 11 is 0. The van der Waals surface area contributed by atoms with Gasteiger partial charge < -0.3 is 10.0 Å². The molecule has 1 aliphatic heterocycles. The maximum Gasteiger partial charge on any atom is 0.328 e. The number of carboxylic acid groups (broad SMARTS) is 1. The van der Waals surface area contributed by atoms with Crippen LogP contribution in [-0.4, -0.2) is 34.5 Å². The van der Waals surface area contributed by atoms with Gasteiger partial charge in [0.25, 0.3) is 5.91 Å². The number of carboxylic acids is 1. The minimum atomic E-state index is -0.994. The van der Waals surface area contributed by atoms with E-state index in [9.17, 15) is 9.59 Å². The van der Waals surface area contributed by atoms with Gasteiger partial charge in [0.15, 0.2) is 0 Å². The first-order valence-corrected chi connectivity index (χ1v) is 6.81. The third-order valence-corrected chi connectivity index (χ3v) is 3.72. The van der Waals surface area contributed by atoms with Gasteiger partial charge in [0.1, 0.15) is 0 Å². The number of aliphatic carboxylic acids is 1. The van der Waals surface area contributed by atoms with Crippen LogP contribution in [0.5, 0.6) is 0 Å². The van der Waals surface area contributed by atoms with E-state index >= 15 is 0 Å². The standard InChI is InChI=1S/C16H19NO3/c1-11-5-6-13(7-8-15(18)19)10-14(11)16(20)17-9-3-4-12(17)2/h5-8,10,12H,3-4,9H2,1-2H3,(H,18,19). The fraction of sp³-hybridized carbons (Fsp3) is 0.375. The van der Waals surface area contributed by atoms with Crippen LogP contribution in [0, 0.1) is 6.92 Å². The lowest BCUT2D eigenvalue weighted by Gasteiger charge is -2.22. The summed E-state index contributed by atoms with van der Waals surface area (Å²) in [6.45, 7) is 4.77. The summed E-state index contributed by atoms with van der Waals surface area (Å²) in [6.07, 6.45) is 4.68.